The van der Waals surface area contributed by atoms with Gasteiger partial charge in [-0.15, -0.1) is 0 Å². The van der Waals surface area contributed by atoms with Gasteiger partial charge < -0.3 is 9.47 Å². The topological polar surface area (TPSA) is 18.5 Å². The molecule has 108 valence electrons. The van der Waals surface area contributed by atoms with Gasteiger partial charge in [-0.3, -0.25) is 0 Å². The first-order valence-corrected chi connectivity index (χ1v) is 7.37. The summed E-state index contributed by atoms with van der Waals surface area (Å²) in [5.74, 6) is 0. The van der Waals surface area contributed by atoms with Crippen molar-refractivity contribution in [2.45, 2.75) is 84.3 Å². The molecule has 0 aliphatic carbocycles. The van der Waals surface area contributed by atoms with E-state index in [1.54, 1.807) is 7.11 Å². The van der Waals surface area contributed by atoms with Crippen LogP contribution in [0.15, 0.2) is 12.3 Å². The lowest BCUT2D eigenvalue weighted by molar-refractivity contribution is -0.0253. The van der Waals surface area contributed by atoms with Crippen LogP contribution in [-0.2, 0) is 9.47 Å². The molecule has 1 unspecified atom stereocenters. The molecule has 0 fully saturated rings. The van der Waals surface area contributed by atoms with E-state index in [9.17, 15) is 0 Å². The van der Waals surface area contributed by atoms with Crippen LogP contribution in [0.5, 0.6) is 0 Å². The van der Waals surface area contributed by atoms with Gasteiger partial charge in [0.05, 0.1) is 11.9 Å². The van der Waals surface area contributed by atoms with E-state index in [2.05, 4.69) is 20.8 Å². The van der Waals surface area contributed by atoms with Gasteiger partial charge in [-0.05, 0) is 33.6 Å². The Hall–Kier alpha value is -0.500. The van der Waals surface area contributed by atoms with Crippen LogP contribution < -0.4 is 0 Å². The molecular formula is C16H32O2. The zero-order chi connectivity index (χ0) is 13.9. The number of methoxy groups -OCH3 is 1. The molecule has 0 rings (SSSR count). The molecule has 0 aliphatic heterocycles. The third kappa shape index (κ3) is 9.52. The van der Waals surface area contributed by atoms with Crippen LogP contribution in [0.1, 0.15) is 72.6 Å². The maximum absolute atomic E-state index is 5.77. The summed E-state index contributed by atoms with van der Waals surface area (Å²) in [7, 11) is 1.77. The highest BCUT2D eigenvalue weighted by molar-refractivity contribution is 4.77. The number of unbranched alkanes of at least 4 members (excludes halogenated alkanes) is 4. The van der Waals surface area contributed by atoms with Crippen LogP contribution in [0.25, 0.3) is 0 Å². The van der Waals surface area contributed by atoms with E-state index in [1.165, 1.54) is 32.1 Å². The van der Waals surface area contributed by atoms with E-state index in [0.717, 1.165) is 12.8 Å². The minimum atomic E-state index is -0.102. The van der Waals surface area contributed by atoms with Crippen molar-refractivity contribution in [3.05, 3.63) is 12.3 Å². The Kier molecular flexibility index (Phi) is 10.1. The third-order valence-electron chi connectivity index (χ3n) is 3.31. The van der Waals surface area contributed by atoms with Crippen molar-refractivity contribution in [3.63, 3.8) is 0 Å². The van der Waals surface area contributed by atoms with E-state index in [0.29, 0.717) is 0 Å². The van der Waals surface area contributed by atoms with E-state index < -0.39 is 0 Å². The summed E-state index contributed by atoms with van der Waals surface area (Å²) >= 11 is 0. The van der Waals surface area contributed by atoms with Crippen molar-refractivity contribution in [2.24, 2.45) is 0 Å². The smallest absolute Gasteiger partial charge is 0.101 e. The van der Waals surface area contributed by atoms with Gasteiger partial charge in [-0.1, -0.05) is 38.7 Å². The van der Waals surface area contributed by atoms with Gasteiger partial charge in [-0.25, -0.2) is 0 Å². The predicted molar refractivity (Wildman–Crippen MR) is 78.8 cm³/mol. The van der Waals surface area contributed by atoms with Gasteiger partial charge >= 0.3 is 0 Å². The molecule has 0 saturated carbocycles. The fraction of sp³-hybridized carbons (Fsp3) is 0.875. The minimum Gasteiger partial charge on any atom is -0.498 e. The predicted octanol–water partition coefficient (Wildman–Crippen LogP) is 5.08. The van der Waals surface area contributed by atoms with E-state index in [-0.39, 0.29) is 11.7 Å². The van der Waals surface area contributed by atoms with Gasteiger partial charge in [0.25, 0.3) is 0 Å². The first kappa shape index (κ1) is 17.5. The van der Waals surface area contributed by atoms with Crippen LogP contribution in [0.3, 0.4) is 0 Å². The zero-order valence-corrected chi connectivity index (χ0v) is 13.0. The number of allylic oxidation sites excluding steroid dienone is 1. The normalized spacial score (nSPS) is 14.1. The Morgan fingerprint density at radius 3 is 2.33 bits per heavy atom. The molecule has 0 radical (unpaired) electrons. The second-order valence-corrected chi connectivity index (χ2v) is 5.60. The molecule has 0 aromatic rings. The quantitative estimate of drug-likeness (QED) is 0.379. The van der Waals surface area contributed by atoms with E-state index >= 15 is 0 Å². The molecule has 0 aromatic heterocycles. The average Bonchev–Trinajstić information content (AvgIpc) is 2.35. The van der Waals surface area contributed by atoms with Crippen LogP contribution >= 0.6 is 0 Å². The van der Waals surface area contributed by atoms with Gasteiger partial charge in [0.1, 0.15) is 6.10 Å². The van der Waals surface area contributed by atoms with Crippen LogP contribution in [-0.4, -0.2) is 18.8 Å². The van der Waals surface area contributed by atoms with Crippen molar-refractivity contribution >= 4 is 0 Å². The Morgan fingerprint density at radius 1 is 1.11 bits per heavy atom. The summed E-state index contributed by atoms with van der Waals surface area (Å²) in [5.41, 5.74) is -0.102. The van der Waals surface area contributed by atoms with Crippen LogP contribution in [0.2, 0.25) is 0 Å². The van der Waals surface area contributed by atoms with Crippen LogP contribution in [0, 0.1) is 0 Å². The lowest BCUT2D eigenvalue weighted by Gasteiger charge is -2.28. The molecule has 0 spiro atoms. The standard InChI is InChI=1S/C16H32O2/c1-6-8-9-10-11-12-15(18-13-7-2)14-16(3,4)17-5/h7,13,15H,6,8-12,14H2,1-5H3. The van der Waals surface area contributed by atoms with Gasteiger partial charge in [0.15, 0.2) is 0 Å². The third-order valence-corrected chi connectivity index (χ3v) is 3.31. The molecule has 0 aromatic carbocycles. The molecule has 1 atom stereocenters. The molecule has 2 nitrogen and oxygen atoms in total. The van der Waals surface area contributed by atoms with Gasteiger partial charge in [0, 0.05) is 13.5 Å². The van der Waals surface area contributed by atoms with Crippen molar-refractivity contribution in [1.82, 2.24) is 0 Å². The lowest BCUT2D eigenvalue weighted by Crippen LogP contribution is -2.29. The summed E-state index contributed by atoms with van der Waals surface area (Å²) in [6, 6.07) is 0. The molecule has 0 aliphatic rings. The lowest BCUT2D eigenvalue weighted by atomic mass is 9.96. The largest absolute Gasteiger partial charge is 0.498 e. The van der Waals surface area contributed by atoms with Crippen molar-refractivity contribution in [3.8, 4) is 0 Å². The first-order valence-electron chi connectivity index (χ1n) is 7.37. The highest BCUT2D eigenvalue weighted by Gasteiger charge is 2.23. The second kappa shape index (κ2) is 10.4. The molecule has 0 bridgehead atoms. The Labute approximate surface area is 114 Å². The number of ether oxygens (including phenoxy) is 2. The molecule has 0 amide bonds. The molecular weight excluding hydrogens is 224 g/mol. The molecule has 0 saturated heterocycles. The maximum atomic E-state index is 5.77. The molecule has 2 heteroatoms. The monoisotopic (exact) mass is 256 g/mol. The fourth-order valence-electron chi connectivity index (χ4n) is 2.02. The molecule has 18 heavy (non-hydrogen) atoms. The first-order chi connectivity index (χ1) is 8.55. The number of hydrogen-bond acceptors (Lipinski definition) is 2. The van der Waals surface area contributed by atoms with Crippen molar-refractivity contribution < 1.29 is 9.47 Å². The fourth-order valence-corrected chi connectivity index (χ4v) is 2.02. The van der Waals surface area contributed by atoms with Gasteiger partial charge in [-0.2, -0.15) is 0 Å². The maximum Gasteiger partial charge on any atom is 0.101 e. The number of rotatable bonds is 11. The summed E-state index contributed by atoms with van der Waals surface area (Å²) < 4.78 is 11.3. The summed E-state index contributed by atoms with van der Waals surface area (Å²) in [4.78, 5) is 0. The van der Waals surface area contributed by atoms with E-state index in [1.807, 2.05) is 19.3 Å². The number of hydrogen-bond donors (Lipinski definition) is 0. The Morgan fingerprint density at radius 2 is 1.78 bits per heavy atom. The van der Waals surface area contributed by atoms with Crippen LogP contribution in [0.4, 0.5) is 0 Å². The summed E-state index contributed by atoms with van der Waals surface area (Å²) in [6.07, 6.45) is 12.7. The van der Waals surface area contributed by atoms with E-state index in [4.69, 9.17) is 9.47 Å². The summed E-state index contributed by atoms with van der Waals surface area (Å²) in [5, 5.41) is 0. The van der Waals surface area contributed by atoms with Crippen molar-refractivity contribution in [2.75, 3.05) is 7.11 Å². The highest BCUT2D eigenvalue weighted by atomic mass is 16.5. The zero-order valence-electron chi connectivity index (χ0n) is 13.0. The Balaban J connectivity index is 3.99. The Bertz CT molecular complexity index is 209. The molecule has 0 N–H and O–H groups in total. The second-order valence-electron chi connectivity index (χ2n) is 5.60. The van der Waals surface area contributed by atoms with Gasteiger partial charge in [0.2, 0.25) is 0 Å². The highest BCUT2D eigenvalue weighted by Crippen LogP contribution is 2.21. The van der Waals surface area contributed by atoms with Crippen molar-refractivity contribution in [1.29, 1.82) is 0 Å². The molecule has 0 heterocycles. The average molecular weight is 256 g/mol. The summed E-state index contributed by atoms with van der Waals surface area (Å²) in [6.45, 7) is 8.48. The minimum absolute atomic E-state index is 0.102. The SMILES string of the molecule is CC=COC(CCCCCCC)CC(C)(C)OC.